The topological polar surface area (TPSA) is 57.4 Å². The average Bonchev–Trinajstić information content (AvgIpc) is 2.94. The van der Waals surface area contributed by atoms with Crippen LogP contribution in [0.25, 0.3) is 0 Å². The molecule has 1 unspecified atom stereocenters. The van der Waals surface area contributed by atoms with Crippen LogP contribution in [0.4, 0.5) is 0 Å². The van der Waals surface area contributed by atoms with Crippen molar-refractivity contribution in [2.45, 2.75) is 6.04 Å². The third kappa shape index (κ3) is 4.02. The minimum absolute atomic E-state index is 0.0697. The second-order valence-corrected chi connectivity index (χ2v) is 5.63. The highest BCUT2D eigenvalue weighted by molar-refractivity contribution is 6.30. The zero-order valence-electron chi connectivity index (χ0n) is 12.9. The normalized spacial score (nSPS) is 12.2. The van der Waals surface area contributed by atoms with E-state index in [0.717, 1.165) is 11.3 Å². The highest BCUT2D eigenvalue weighted by Gasteiger charge is 2.16. The van der Waals surface area contributed by atoms with E-state index < -0.39 is 0 Å². The predicted molar refractivity (Wildman–Crippen MR) is 87.6 cm³/mol. The monoisotopic (exact) mass is 321 g/mol. The lowest BCUT2D eigenvalue weighted by molar-refractivity contribution is 0.0937. The van der Waals surface area contributed by atoms with Gasteiger partial charge in [-0.3, -0.25) is 4.79 Å². The molecule has 2 N–H and O–H groups in total. The van der Waals surface area contributed by atoms with E-state index in [1.54, 1.807) is 19.4 Å². The fraction of sp³-hybridized carbons (Fsp3) is 0.312. The number of H-pyrrole nitrogens is 1. The van der Waals surface area contributed by atoms with Crippen LogP contribution in [0.1, 0.15) is 22.1 Å². The molecule has 0 fully saturated rings. The van der Waals surface area contributed by atoms with Crippen molar-refractivity contribution in [2.75, 3.05) is 27.7 Å². The molecule has 1 atom stereocenters. The molecule has 2 aromatic rings. The maximum absolute atomic E-state index is 12.1. The van der Waals surface area contributed by atoms with Gasteiger partial charge in [-0.15, -0.1) is 0 Å². The molecule has 0 aliphatic rings. The number of nitrogens with zero attached hydrogens (tertiary/aromatic N) is 1. The molecular weight excluding hydrogens is 302 g/mol. The molecule has 0 aliphatic heterocycles. The molecule has 0 saturated heterocycles. The van der Waals surface area contributed by atoms with E-state index >= 15 is 0 Å². The van der Waals surface area contributed by atoms with Crippen molar-refractivity contribution in [1.82, 2.24) is 15.2 Å². The van der Waals surface area contributed by atoms with E-state index in [0.29, 0.717) is 17.3 Å². The molecule has 1 aromatic heterocycles. The summed E-state index contributed by atoms with van der Waals surface area (Å²) in [6.45, 7) is 0.495. The highest BCUT2D eigenvalue weighted by atomic mass is 35.5. The number of ether oxygens (including phenoxy) is 1. The molecule has 0 saturated carbocycles. The number of hydrogen-bond acceptors (Lipinski definition) is 3. The SMILES string of the molecule is COc1ccc(C(CNC(=O)c2cc(Cl)c[nH]2)N(C)C)cc1. The Kier molecular flexibility index (Phi) is 5.46. The quantitative estimate of drug-likeness (QED) is 0.860. The molecule has 0 spiro atoms. The highest BCUT2D eigenvalue weighted by Crippen LogP contribution is 2.21. The van der Waals surface area contributed by atoms with Crippen LogP contribution >= 0.6 is 11.6 Å². The summed E-state index contributed by atoms with van der Waals surface area (Å²) in [5.74, 6) is 0.638. The first-order valence-electron chi connectivity index (χ1n) is 6.93. The third-order valence-electron chi connectivity index (χ3n) is 3.47. The molecule has 0 radical (unpaired) electrons. The van der Waals surface area contributed by atoms with Crippen molar-refractivity contribution in [3.05, 3.63) is 52.8 Å². The van der Waals surface area contributed by atoms with Gasteiger partial charge in [0.05, 0.1) is 18.2 Å². The van der Waals surface area contributed by atoms with Gasteiger partial charge in [0, 0.05) is 12.7 Å². The third-order valence-corrected chi connectivity index (χ3v) is 3.69. The number of halogens is 1. The fourth-order valence-electron chi connectivity index (χ4n) is 2.21. The standard InChI is InChI=1S/C16H20ClN3O2/c1-20(2)15(11-4-6-13(22-3)7-5-11)10-19-16(21)14-8-12(17)9-18-14/h4-9,15,18H,10H2,1-3H3,(H,19,21). The van der Waals surface area contributed by atoms with Crippen LogP contribution in [-0.4, -0.2) is 43.5 Å². The Balaban J connectivity index is 2.03. The lowest BCUT2D eigenvalue weighted by Gasteiger charge is -2.25. The molecule has 118 valence electrons. The van der Waals surface area contributed by atoms with Gasteiger partial charge in [-0.05, 0) is 37.9 Å². The van der Waals surface area contributed by atoms with E-state index in [9.17, 15) is 4.79 Å². The van der Waals surface area contributed by atoms with Gasteiger partial charge in [0.1, 0.15) is 11.4 Å². The molecule has 0 aliphatic carbocycles. The van der Waals surface area contributed by atoms with Crippen molar-refractivity contribution in [1.29, 1.82) is 0 Å². The van der Waals surface area contributed by atoms with Crippen LogP contribution in [0.15, 0.2) is 36.5 Å². The molecule has 0 bridgehead atoms. The number of carbonyl (C=O) groups excluding carboxylic acids is 1. The lowest BCUT2D eigenvalue weighted by Crippen LogP contribution is -2.34. The Morgan fingerprint density at radius 3 is 2.55 bits per heavy atom. The first kappa shape index (κ1) is 16.4. The second kappa shape index (κ2) is 7.33. The number of likely N-dealkylation sites (N-methyl/N-ethyl adjacent to an activating group) is 1. The Hall–Kier alpha value is -1.98. The summed E-state index contributed by atoms with van der Waals surface area (Å²) in [4.78, 5) is 17.0. The summed E-state index contributed by atoms with van der Waals surface area (Å²) < 4.78 is 5.17. The minimum atomic E-state index is -0.174. The van der Waals surface area contributed by atoms with E-state index in [2.05, 4.69) is 15.2 Å². The fourth-order valence-corrected chi connectivity index (χ4v) is 2.37. The maximum atomic E-state index is 12.1. The summed E-state index contributed by atoms with van der Waals surface area (Å²) in [5, 5.41) is 3.44. The van der Waals surface area contributed by atoms with Crippen LogP contribution in [-0.2, 0) is 0 Å². The molecule has 1 heterocycles. The van der Waals surface area contributed by atoms with Crippen molar-refractivity contribution in [2.24, 2.45) is 0 Å². The number of rotatable bonds is 6. The van der Waals surface area contributed by atoms with Crippen LogP contribution in [0, 0.1) is 0 Å². The molecular formula is C16H20ClN3O2. The summed E-state index contributed by atoms with van der Waals surface area (Å²) in [6, 6.07) is 9.51. The second-order valence-electron chi connectivity index (χ2n) is 5.19. The van der Waals surface area contributed by atoms with Crippen LogP contribution < -0.4 is 10.1 Å². The van der Waals surface area contributed by atoms with E-state index in [4.69, 9.17) is 16.3 Å². The van der Waals surface area contributed by atoms with Gasteiger partial charge in [0.25, 0.3) is 5.91 Å². The largest absolute Gasteiger partial charge is 0.497 e. The summed E-state index contributed by atoms with van der Waals surface area (Å²) in [6.07, 6.45) is 1.59. The predicted octanol–water partition coefficient (Wildman–Crippen LogP) is 2.71. The number of carbonyl (C=O) groups is 1. The number of hydrogen-bond donors (Lipinski definition) is 2. The zero-order valence-corrected chi connectivity index (χ0v) is 13.6. The summed E-state index contributed by atoms with van der Waals surface area (Å²) in [5.41, 5.74) is 1.56. The van der Waals surface area contributed by atoms with E-state index in [1.165, 1.54) is 0 Å². The minimum Gasteiger partial charge on any atom is -0.497 e. The Bertz CT molecular complexity index is 623. The number of methoxy groups -OCH3 is 1. The summed E-state index contributed by atoms with van der Waals surface area (Å²) >= 11 is 5.81. The van der Waals surface area contributed by atoms with Crippen molar-refractivity contribution in [3.63, 3.8) is 0 Å². The number of amides is 1. The van der Waals surface area contributed by atoms with Gasteiger partial charge in [0.2, 0.25) is 0 Å². The van der Waals surface area contributed by atoms with Crippen molar-refractivity contribution < 1.29 is 9.53 Å². The molecule has 2 rings (SSSR count). The zero-order chi connectivity index (χ0) is 16.1. The van der Waals surface area contributed by atoms with Gasteiger partial charge >= 0.3 is 0 Å². The number of benzene rings is 1. The van der Waals surface area contributed by atoms with Crippen molar-refractivity contribution in [3.8, 4) is 5.75 Å². The first-order chi connectivity index (χ1) is 10.5. The average molecular weight is 322 g/mol. The van der Waals surface area contributed by atoms with Gasteiger partial charge in [-0.25, -0.2) is 0 Å². The summed E-state index contributed by atoms with van der Waals surface area (Å²) in [7, 11) is 5.60. The van der Waals surface area contributed by atoms with Crippen LogP contribution in [0.2, 0.25) is 5.02 Å². The van der Waals surface area contributed by atoms with Gasteiger partial charge in [-0.1, -0.05) is 23.7 Å². The van der Waals surface area contributed by atoms with E-state index in [1.807, 2.05) is 38.4 Å². The van der Waals surface area contributed by atoms with Gasteiger partial charge in [-0.2, -0.15) is 0 Å². The van der Waals surface area contributed by atoms with Crippen LogP contribution in [0.3, 0.4) is 0 Å². The Labute approximate surface area is 135 Å². The van der Waals surface area contributed by atoms with Gasteiger partial charge in [0.15, 0.2) is 0 Å². The smallest absolute Gasteiger partial charge is 0.267 e. The molecule has 5 nitrogen and oxygen atoms in total. The van der Waals surface area contributed by atoms with Crippen molar-refractivity contribution >= 4 is 17.5 Å². The Morgan fingerprint density at radius 2 is 2.05 bits per heavy atom. The number of aromatic amines is 1. The first-order valence-corrected chi connectivity index (χ1v) is 7.31. The lowest BCUT2D eigenvalue weighted by atomic mass is 10.1. The molecule has 1 amide bonds. The molecule has 22 heavy (non-hydrogen) atoms. The van der Waals surface area contributed by atoms with Crippen LogP contribution in [0.5, 0.6) is 5.75 Å². The number of aromatic nitrogens is 1. The van der Waals surface area contributed by atoms with Gasteiger partial charge < -0.3 is 19.9 Å². The molecule has 6 heteroatoms. The number of nitrogens with one attached hydrogen (secondary N) is 2. The molecule has 1 aromatic carbocycles. The maximum Gasteiger partial charge on any atom is 0.267 e. The Morgan fingerprint density at radius 1 is 1.36 bits per heavy atom. The van der Waals surface area contributed by atoms with E-state index in [-0.39, 0.29) is 11.9 Å².